The van der Waals surface area contributed by atoms with E-state index in [1.807, 2.05) is 18.2 Å². The van der Waals surface area contributed by atoms with Crippen LogP contribution in [0.5, 0.6) is 5.75 Å². The third-order valence-electron chi connectivity index (χ3n) is 6.41. The fraction of sp³-hybridized carbons (Fsp3) is 0.444. The third-order valence-corrected chi connectivity index (χ3v) is 7.20. The summed E-state index contributed by atoms with van der Waals surface area (Å²) in [5.74, 6) is 0.652. The number of rotatable bonds is 8. The Kier molecular flexibility index (Phi) is 8.20. The Balaban J connectivity index is 1.50. The maximum absolute atomic E-state index is 12.4. The van der Waals surface area contributed by atoms with Gasteiger partial charge in [0.2, 0.25) is 0 Å². The van der Waals surface area contributed by atoms with E-state index < -0.39 is 0 Å². The minimum absolute atomic E-state index is 0.160. The molecular formula is C27H31BrFNO3. The van der Waals surface area contributed by atoms with E-state index >= 15 is 0 Å². The monoisotopic (exact) mass is 515 g/mol. The lowest BCUT2D eigenvalue weighted by Crippen LogP contribution is -2.26. The number of hydrogen-bond donors (Lipinski definition) is 0. The van der Waals surface area contributed by atoms with Crippen molar-refractivity contribution in [2.45, 2.75) is 44.6 Å². The number of halogens is 2. The van der Waals surface area contributed by atoms with Crippen LogP contribution in [0.25, 0.3) is 5.57 Å². The van der Waals surface area contributed by atoms with Gasteiger partial charge in [0.25, 0.3) is 0 Å². The minimum Gasteiger partial charge on any atom is -0.489 e. The molecule has 0 saturated carbocycles. The number of fused-ring (bicyclic) bond motifs is 1. The Hall–Kier alpha value is -2.18. The molecule has 1 aliphatic carbocycles. The van der Waals surface area contributed by atoms with Crippen LogP contribution >= 0.6 is 15.9 Å². The first-order chi connectivity index (χ1) is 16.1. The Morgan fingerprint density at radius 1 is 1.18 bits per heavy atom. The molecule has 2 aliphatic rings. The van der Waals surface area contributed by atoms with Crippen molar-refractivity contribution < 1.29 is 18.7 Å². The second-order valence-corrected chi connectivity index (χ2v) is 9.73. The zero-order valence-corrected chi connectivity index (χ0v) is 20.7. The van der Waals surface area contributed by atoms with Crippen molar-refractivity contribution in [1.29, 1.82) is 0 Å². The average Bonchev–Trinajstić information content (AvgIpc) is 3.20. The molecule has 1 saturated heterocycles. The first-order valence-electron chi connectivity index (χ1n) is 11.7. The number of likely N-dealkylation sites (tertiary alicyclic amines) is 1. The quantitative estimate of drug-likeness (QED) is 0.422. The fourth-order valence-corrected chi connectivity index (χ4v) is 5.46. The normalized spacial score (nSPS) is 18.7. The number of allylic oxidation sites excluding steroid dienone is 1. The van der Waals surface area contributed by atoms with Gasteiger partial charge in [0.1, 0.15) is 11.9 Å². The standard InChI is InChI=1S/C27H31BrFNO3/c1-32-26(31)17-19-6-11-24-21(16-19)4-2-5-25(28)27(24)20-7-9-22(10-8-20)33-23-12-15-30(18-23)14-3-13-29/h6-11,16,23H,2-5,12-15,17-18H2,1H3. The van der Waals surface area contributed by atoms with E-state index in [4.69, 9.17) is 9.47 Å². The second kappa shape index (κ2) is 11.3. The predicted octanol–water partition coefficient (Wildman–Crippen LogP) is 5.71. The number of esters is 1. The van der Waals surface area contributed by atoms with Crippen LogP contribution in [-0.4, -0.2) is 50.4 Å². The van der Waals surface area contributed by atoms with Crippen LogP contribution in [0.3, 0.4) is 0 Å². The molecule has 4 nitrogen and oxygen atoms in total. The lowest BCUT2D eigenvalue weighted by Gasteiger charge is -2.17. The molecule has 0 spiro atoms. The van der Waals surface area contributed by atoms with Crippen molar-refractivity contribution in [2.24, 2.45) is 0 Å². The Morgan fingerprint density at radius 3 is 2.76 bits per heavy atom. The van der Waals surface area contributed by atoms with Crippen molar-refractivity contribution in [3.8, 4) is 5.75 Å². The highest BCUT2D eigenvalue weighted by Crippen LogP contribution is 2.38. The van der Waals surface area contributed by atoms with Crippen molar-refractivity contribution >= 4 is 27.5 Å². The Labute approximate surface area is 203 Å². The summed E-state index contributed by atoms with van der Waals surface area (Å²) in [4.78, 5) is 14.0. The number of aryl methyl sites for hydroxylation is 1. The van der Waals surface area contributed by atoms with Crippen LogP contribution in [0.15, 0.2) is 46.9 Å². The average molecular weight is 516 g/mol. The largest absolute Gasteiger partial charge is 0.489 e. The summed E-state index contributed by atoms with van der Waals surface area (Å²) in [5.41, 5.74) is 5.81. The lowest BCUT2D eigenvalue weighted by atomic mass is 9.92. The smallest absolute Gasteiger partial charge is 0.309 e. The number of carbonyl (C=O) groups excluding carboxylic acids is 1. The Bertz CT molecular complexity index is 1000. The van der Waals surface area contributed by atoms with Gasteiger partial charge in [-0.05, 0) is 72.1 Å². The summed E-state index contributed by atoms with van der Waals surface area (Å²) in [6.45, 7) is 2.37. The highest BCUT2D eigenvalue weighted by molar-refractivity contribution is 9.11. The van der Waals surface area contributed by atoms with Crippen LogP contribution in [0.4, 0.5) is 4.39 Å². The molecule has 1 fully saturated rings. The molecule has 1 aliphatic heterocycles. The summed E-state index contributed by atoms with van der Waals surface area (Å²) in [7, 11) is 1.42. The zero-order valence-electron chi connectivity index (χ0n) is 19.1. The summed E-state index contributed by atoms with van der Waals surface area (Å²) in [5, 5.41) is 0. The van der Waals surface area contributed by atoms with Gasteiger partial charge in [-0.1, -0.05) is 46.3 Å². The number of ether oxygens (including phenoxy) is 2. The molecule has 6 heteroatoms. The lowest BCUT2D eigenvalue weighted by molar-refractivity contribution is -0.139. The summed E-state index contributed by atoms with van der Waals surface area (Å²) < 4.78 is 24.7. The van der Waals surface area contributed by atoms with Gasteiger partial charge in [-0.15, -0.1) is 0 Å². The maximum Gasteiger partial charge on any atom is 0.309 e. The summed E-state index contributed by atoms with van der Waals surface area (Å²) in [6.07, 6.45) is 5.04. The zero-order chi connectivity index (χ0) is 23.2. The van der Waals surface area contributed by atoms with E-state index in [1.54, 1.807) is 0 Å². The van der Waals surface area contributed by atoms with Crippen LogP contribution in [-0.2, 0) is 22.4 Å². The van der Waals surface area contributed by atoms with E-state index in [-0.39, 0.29) is 18.7 Å². The molecule has 2 aromatic rings. The maximum atomic E-state index is 12.4. The van der Waals surface area contributed by atoms with E-state index in [9.17, 15) is 9.18 Å². The molecule has 4 rings (SSSR count). The second-order valence-electron chi connectivity index (χ2n) is 8.77. The first kappa shape index (κ1) is 24.0. The van der Waals surface area contributed by atoms with E-state index in [1.165, 1.54) is 28.3 Å². The van der Waals surface area contributed by atoms with Gasteiger partial charge < -0.3 is 9.47 Å². The van der Waals surface area contributed by atoms with Gasteiger partial charge in [0, 0.05) is 24.1 Å². The van der Waals surface area contributed by atoms with Gasteiger partial charge >= 0.3 is 5.97 Å². The molecule has 33 heavy (non-hydrogen) atoms. The Morgan fingerprint density at radius 2 is 2.00 bits per heavy atom. The number of carbonyl (C=O) groups is 1. The van der Waals surface area contributed by atoms with Crippen LogP contribution < -0.4 is 4.74 Å². The molecule has 1 atom stereocenters. The van der Waals surface area contributed by atoms with Gasteiger partial charge in [-0.3, -0.25) is 14.1 Å². The fourth-order valence-electron chi connectivity index (χ4n) is 4.74. The van der Waals surface area contributed by atoms with Crippen molar-refractivity contribution in [3.05, 3.63) is 69.2 Å². The minimum atomic E-state index is -0.259. The van der Waals surface area contributed by atoms with E-state index in [0.29, 0.717) is 12.8 Å². The number of benzene rings is 2. The first-order valence-corrected chi connectivity index (χ1v) is 12.5. The van der Waals surface area contributed by atoms with E-state index in [2.05, 4.69) is 45.1 Å². The molecular weight excluding hydrogens is 485 g/mol. The van der Waals surface area contributed by atoms with E-state index in [0.717, 1.165) is 62.2 Å². The number of hydrogen-bond acceptors (Lipinski definition) is 4. The van der Waals surface area contributed by atoms with Crippen LogP contribution in [0.2, 0.25) is 0 Å². The van der Waals surface area contributed by atoms with Crippen LogP contribution in [0.1, 0.15) is 47.9 Å². The molecule has 176 valence electrons. The van der Waals surface area contributed by atoms with Gasteiger partial charge in [-0.25, -0.2) is 0 Å². The topological polar surface area (TPSA) is 38.8 Å². The number of methoxy groups -OCH3 is 1. The van der Waals surface area contributed by atoms with Crippen molar-refractivity contribution in [2.75, 3.05) is 33.4 Å². The highest BCUT2D eigenvalue weighted by Gasteiger charge is 2.24. The van der Waals surface area contributed by atoms with Crippen LogP contribution in [0, 0.1) is 0 Å². The molecule has 1 unspecified atom stereocenters. The molecule has 0 N–H and O–H groups in total. The van der Waals surface area contributed by atoms with Crippen molar-refractivity contribution in [3.63, 3.8) is 0 Å². The molecule has 1 heterocycles. The molecule has 0 bridgehead atoms. The molecule has 2 aromatic carbocycles. The summed E-state index contributed by atoms with van der Waals surface area (Å²) in [6, 6.07) is 14.6. The van der Waals surface area contributed by atoms with Gasteiger partial charge in [0.05, 0.1) is 20.2 Å². The molecule has 0 radical (unpaired) electrons. The predicted molar refractivity (Wildman–Crippen MR) is 133 cm³/mol. The third kappa shape index (κ3) is 6.04. The van der Waals surface area contributed by atoms with Gasteiger partial charge in [0.15, 0.2) is 0 Å². The molecule has 0 aromatic heterocycles. The van der Waals surface area contributed by atoms with Crippen molar-refractivity contribution in [1.82, 2.24) is 4.90 Å². The van der Waals surface area contributed by atoms with Gasteiger partial charge in [-0.2, -0.15) is 0 Å². The number of alkyl halides is 1. The molecule has 0 amide bonds. The number of nitrogens with zero attached hydrogens (tertiary/aromatic N) is 1. The summed E-state index contributed by atoms with van der Waals surface area (Å²) >= 11 is 3.84. The SMILES string of the molecule is COC(=O)Cc1ccc2c(c1)CCCC(Br)=C2c1ccc(OC2CCN(CCCF)C2)cc1. The highest BCUT2D eigenvalue weighted by atomic mass is 79.9.